The molecule has 0 aliphatic rings. The van der Waals surface area contributed by atoms with Gasteiger partial charge in [-0.25, -0.2) is 17.6 Å². The lowest BCUT2D eigenvalue weighted by Gasteiger charge is -2.11. The second-order valence-electron chi connectivity index (χ2n) is 14.5. The van der Waals surface area contributed by atoms with Crippen molar-refractivity contribution in [3.63, 3.8) is 0 Å². The van der Waals surface area contributed by atoms with Crippen LogP contribution in [0.1, 0.15) is 0 Å². The molecule has 0 bridgehead atoms. The summed E-state index contributed by atoms with van der Waals surface area (Å²) in [5.41, 5.74) is 13.3. The first-order valence-corrected chi connectivity index (χ1v) is 22.2. The predicted octanol–water partition coefficient (Wildman–Crippen LogP) is 15.7. The molecule has 0 fully saturated rings. The Morgan fingerprint density at radius 3 is 0.672 bits per heavy atom. The summed E-state index contributed by atoms with van der Waals surface area (Å²) in [6.07, 6.45) is 7.50. The molecule has 0 aliphatic carbocycles. The van der Waals surface area contributed by atoms with Gasteiger partial charge < -0.3 is 0 Å². The molecule has 64 heavy (non-hydrogen) atoms. The minimum Gasteiger partial charge on any atom is -0.254 e. The highest BCUT2D eigenvalue weighted by Gasteiger charge is 2.22. The maximum atomic E-state index is 12.6. The molecule has 0 amide bonds. The van der Waals surface area contributed by atoms with Gasteiger partial charge in [-0.1, -0.05) is 146 Å². The molecule has 4 heterocycles. The first kappa shape index (κ1) is 42.7. The zero-order chi connectivity index (χ0) is 44.2. The maximum absolute atomic E-state index is 12.6. The quantitative estimate of drug-likeness (QED) is 0.0579. The summed E-state index contributed by atoms with van der Waals surface area (Å²) in [4.78, 5) is 18.7. The Morgan fingerprint density at radius 1 is 0.266 bits per heavy atom. The van der Waals surface area contributed by atoms with Crippen LogP contribution < -0.4 is 0 Å². The fourth-order valence-electron chi connectivity index (χ4n) is 7.71. The SMILES string of the molecule is Fc1c(F)c(I)c(F)c(F)c1I.c1ccc(-c2ccnc3c2ccc2c(-c4ccccc4)ccnc23)cc1.c1ccc(-c2ccnc3c2ccc2c(-c4ccccc4)ccnc23)cc1. The van der Waals surface area contributed by atoms with Crippen LogP contribution in [0.4, 0.5) is 17.6 Å². The van der Waals surface area contributed by atoms with E-state index in [0.29, 0.717) is 0 Å². The molecule has 11 rings (SSSR count). The summed E-state index contributed by atoms with van der Waals surface area (Å²) in [6.45, 7) is 0. The molecular formula is C54H32F4I2N4. The van der Waals surface area contributed by atoms with E-state index in [-0.39, 0.29) is 0 Å². The molecule has 0 saturated carbocycles. The van der Waals surface area contributed by atoms with Crippen LogP contribution in [0.25, 0.3) is 88.1 Å². The van der Waals surface area contributed by atoms with Gasteiger partial charge in [0.1, 0.15) is 0 Å². The smallest absolute Gasteiger partial charge is 0.176 e. The molecule has 7 aromatic carbocycles. The van der Waals surface area contributed by atoms with E-state index in [1.165, 1.54) is 89.7 Å². The molecule has 4 aromatic heterocycles. The van der Waals surface area contributed by atoms with Crippen LogP contribution >= 0.6 is 45.2 Å². The summed E-state index contributed by atoms with van der Waals surface area (Å²) in [6, 6.07) is 58.7. The number of benzene rings is 7. The maximum Gasteiger partial charge on any atom is 0.176 e. The predicted molar refractivity (Wildman–Crippen MR) is 268 cm³/mol. The summed E-state index contributed by atoms with van der Waals surface area (Å²) in [7, 11) is 0. The Labute approximate surface area is 393 Å². The summed E-state index contributed by atoms with van der Waals surface area (Å²) in [5.74, 6) is -5.39. The molecule has 0 saturated heterocycles. The largest absolute Gasteiger partial charge is 0.254 e. The minimum atomic E-state index is -1.35. The number of hydrogen-bond acceptors (Lipinski definition) is 4. The van der Waals surface area contributed by atoms with Crippen LogP contribution in [0.3, 0.4) is 0 Å². The third-order valence-corrected chi connectivity index (χ3v) is 12.6. The van der Waals surface area contributed by atoms with Crippen molar-refractivity contribution in [3.8, 4) is 44.5 Å². The van der Waals surface area contributed by atoms with Gasteiger partial charge in [0, 0.05) is 46.3 Å². The number of hydrogen-bond donors (Lipinski definition) is 0. The fourth-order valence-corrected chi connectivity index (χ4v) is 8.66. The van der Waals surface area contributed by atoms with Crippen LogP contribution in [0.15, 0.2) is 195 Å². The number of rotatable bonds is 4. The molecule has 0 radical (unpaired) electrons. The van der Waals surface area contributed by atoms with Crippen LogP contribution in [0.5, 0.6) is 0 Å². The van der Waals surface area contributed by atoms with Crippen molar-refractivity contribution >= 4 is 88.8 Å². The van der Waals surface area contributed by atoms with E-state index in [0.717, 1.165) is 43.6 Å². The van der Waals surface area contributed by atoms with E-state index < -0.39 is 30.4 Å². The minimum absolute atomic E-state index is 0.664. The van der Waals surface area contributed by atoms with Gasteiger partial charge in [-0.05, 0) is 114 Å². The Bertz CT molecular complexity index is 2950. The molecule has 0 spiro atoms. The van der Waals surface area contributed by atoms with Crippen LogP contribution in [-0.4, -0.2) is 19.9 Å². The van der Waals surface area contributed by atoms with E-state index in [1.54, 1.807) is 0 Å². The average Bonchev–Trinajstić information content (AvgIpc) is 3.37. The van der Waals surface area contributed by atoms with Gasteiger partial charge in [0.05, 0.1) is 29.2 Å². The monoisotopic (exact) mass is 1070 g/mol. The second-order valence-corrected chi connectivity index (χ2v) is 16.7. The number of fused-ring (bicyclic) bond motifs is 6. The van der Waals surface area contributed by atoms with Crippen LogP contribution in [-0.2, 0) is 0 Å². The third-order valence-electron chi connectivity index (χ3n) is 10.7. The van der Waals surface area contributed by atoms with Crippen molar-refractivity contribution in [2.45, 2.75) is 0 Å². The standard InChI is InChI=1S/2C24H16N2.C6F4I2/c2*1-3-7-17(8-4-1)19-13-15-25-23-21(19)11-12-22-20(14-16-26-24(22)23)18-9-5-2-6-10-18;7-1-2(8)6(12)4(10)3(9)5(1)11/h2*1-16H;. The Morgan fingerprint density at radius 2 is 0.469 bits per heavy atom. The highest BCUT2D eigenvalue weighted by molar-refractivity contribution is 14.1. The Hall–Kier alpha value is -6.64. The van der Waals surface area contributed by atoms with Gasteiger partial charge >= 0.3 is 0 Å². The van der Waals surface area contributed by atoms with E-state index in [4.69, 9.17) is 0 Å². The summed E-state index contributed by atoms with van der Waals surface area (Å²) < 4.78 is 49.2. The van der Waals surface area contributed by atoms with Crippen molar-refractivity contribution in [2.24, 2.45) is 0 Å². The highest BCUT2D eigenvalue weighted by Crippen LogP contribution is 2.37. The lowest BCUT2D eigenvalue weighted by atomic mass is 9.97. The first-order valence-electron chi connectivity index (χ1n) is 20.0. The molecule has 0 unspecified atom stereocenters. The number of pyridine rings is 4. The van der Waals surface area contributed by atoms with Gasteiger partial charge in [0.15, 0.2) is 23.3 Å². The normalized spacial score (nSPS) is 11.0. The number of halogens is 6. The molecule has 4 nitrogen and oxygen atoms in total. The third kappa shape index (κ3) is 8.42. The lowest BCUT2D eigenvalue weighted by Crippen LogP contribution is -2.02. The van der Waals surface area contributed by atoms with Crippen molar-refractivity contribution in [1.82, 2.24) is 19.9 Å². The molecule has 310 valence electrons. The summed E-state index contributed by atoms with van der Waals surface area (Å²) in [5, 5.41) is 4.51. The zero-order valence-electron chi connectivity index (χ0n) is 33.5. The second kappa shape index (κ2) is 19.0. The number of aromatic nitrogens is 4. The molecule has 0 N–H and O–H groups in total. The Kier molecular flexibility index (Phi) is 12.7. The Balaban J connectivity index is 0.000000130. The van der Waals surface area contributed by atoms with Crippen molar-refractivity contribution in [2.75, 3.05) is 0 Å². The first-order chi connectivity index (χ1) is 31.3. The van der Waals surface area contributed by atoms with E-state index in [1.807, 2.05) is 49.1 Å². The van der Waals surface area contributed by atoms with Crippen molar-refractivity contribution < 1.29 is 17.6 Å². The van der Waals surface area contributed by atoms with Crippen molar-refractivity contribution in [3.05, 3.63) is 225 Å². The average molecular weight is 1070 g/mol. The van der Waals surface area contributed by atoms with Gasteiger partial charge in [-0.15, -0.1) is 0 Å². The fraction of sp³-hybridized carbons (Fsp3) is 0. The molecule has 0 atom stereocenters. The van der Waals surface area contributed by atoms with Crippen LogP contribution in [0, 0.1) is 30.4 Å². The van der Waals surface area contributed by atoms with E-state index in [9.17, 15) is 17.6 Å². The number of nitrogens with zero attached hydrogens (tertiary/aromatic N) is 4. The molecule has 10 heteroatoms. The lowest BCUT2D eigenvalue weighted by molar-refractivity contribution is 0.437. The van der Waals surface area contributed by atoms with Gasteiger partial charge in [0.25, 0.3) is 0 Å². The molecule has 0 aliphatic heterocycles. The summed E-state index contributed by atoms with van der Waals surface area (Å²) >= 11 is 2.41. The van der Waals surface area contributed by atoms with Crippen molar-refractivity contribution in [1.29, 1.82) is 0 Å². The van der Waals surface area contributed by atoms with Gasteiger partial charge in [-0.3, -0.25) is 19.9 Å². The molecular weight excluding hydrogens is 1030 g/mol. The highest BCUT2D eigenvalue weighted by atomic mass is 127. The van der Waals surface area contributed by atoms with Gasteiger partial charge in [-0.2, -0.15) is 0 Å². The van der Waals surface area contributed by atoms with Crippen LogP contribution in [0.2, 0.25) is 0 Å². The van der Waals surface area contributed by atoms with E-state index in [2.05, 4.69) is 166 Å². The molecule has 11 aromatic rings. The zero-order valence-corrected chi connectivity index (χ0v) is 37.8. The van der Waals surface area contributed by atoms with E-state index >= 15 is 0 Å². The van der Waals surface area contributed by atoms with Gasteiger partial charge in [0.2, 0.25) is 0 Å². The topological polar surface area (TPSA) is 51.6 Å².